The summed E-state index contributed by atoms with van der Waals surface area (Å²) in [6, 6.07) is 3.40. The van der Waals surface area contributed by atoms with Crippen LogP contribution < -0.4 is 5.32 Å². The zero-order valence-electron chi connectivity index (χ0n) is 10.1. The summed E-state index contributed by atoms with van der Waals surface area (Å²) in [7, 11) is 0. The van der Waals surface area contributed by atoms with Gasteiger partial charge in [0.05, 0.1) is 12.0 Å². The molecule has 0 radical (unpaired) electrons. The van der Waals surface area contributed by atoms with Crippen molar-refractivity contribution < 1.29 is 4.74 Å². The molecule has 90 valence electrons. The lowest BCUT2D eigenvalue weighted by molar-refractivity contribution is 0.0540. The van der Waals surface area contributed by atoms with Gasteiger partial charge < -0.3 is 10.1 Å². The molecule has 3 heteroatoms. The third-order valence-electron chi connectivity index (χ3n) is 4.13. The van der Waals surface area contributed by atoms with E-state index in [-0.39, 0.29) is 5.92 Å². The van der Waals surface area contributed by atoms with Crippen LogP contribution in [0.5, 0.6) is 0 Å². The van der Waals surface area contributed by atoms with Gasteiger partial charge in [-0.2, -0.15) is 5.26 Å². The highest BCUT2D eigenvalue weighted by atomic mass is 16.5. The summed E-state index contributed by atoms with van der Waals surface area (Å²) >= 11 is 0. The molecule has 0 amide bonds. The second-order valence-electron chi connectivity index (χ2n) is 5.18. The second-order valence-corrected chi connectivity index (χ2v) is 5.18. The fraction of sp³-hybridized carbons (Fsp3) is 0.923. The Hall–Kier alpha value is -0.590. The average molecular weight is 222 g/mol. The van der Waals surface area contributed by atoms with Crippen molar-refractivity contribution in [1.29, 1.82) is 5.26 Å². The van der Waals surface area contributed by atoms with E-state index in [9.17, 15) is 0 Å². The van der Waals surface area contributed by atoms with E-state index in [2.05, 4.69) is 18.3 Å². The highest BCUT2D eigenvalue weighted by molar-refractivity contribution is 4.97. The molecule has 1 aliphatic carbocycles. The van der Waals surface area contributed by atoms with Crippen LogP contribution in [-0.4, -0.2) is 25.3 Å². The molecule has 1 saturated carbocycles. The first-order valence-corrected chi connectivity index (χ1v) is 6.54. The van der Waals surface area contributed by atoms with Gasteiger partial charge in [-0.1, -0.05) is 6.42 Å². The number of nitrogens with zero attached hydrogens (tertiary/aromatic N) is 1. The molecule has 3 atom stereocenters. The molecule has 3 unspecified atom stereocenters. The van der Waals surface area contributed by atoms with Gasteiger partial charge in [-0.05, 0) is 38.5 Å². The summed E-state index contributed by atoms with van der Waals surface area (Å²) in [5.74, 6) is 0.969. The lowest BCUT2D eigenvalue weighted by Crippen LogP contribution is -2.44. The molecule has 0 aromatic heterocycles. The number of rotatable bonds is 3. The number of hydrogen-bond donors (Lipinski definition) is 1. The Morgan fingerprint density at radius 3 is 2.69 bits per heavy atom. The smallest absolute Gasteiger partial charge is 0.0672 e. The molecule has 1 saturated heterocycles. The van der Waals surface area contributed by atoms with Crippen LogP contribution in [0.1, 0.15) is 39.0 Å². The topological polar surface area (TPSA) is 45.0 Å². The standard InChI is InChI=1S/C13H22N2O/c1-10(11-5-7-16-8-6-11)15-13-4-2-3-12(13)9-14/h10-13,15H,2-8H2,1H3. The molecule has 0 aromatic carbocycles. The maximum atomic E-state index is 9.05. The molecule has 2 rings (SSSR count). The van der Waals surface area contributed by atoms with E-state index >= 15 is 0 Å². The van der Waals surface area contributed by atoms with E-state index in [1.807, 2.05) is 0 Å². The van der Waals surface area contributed by atoms with Crippen molar-refractivity contribution in [3.05, 3.63) is 0 Å². The van der Waals surface area contributed by atoms with Gasteiger partial charge in [0.2, 0.25) is 0 Å². The maximum Gasteiger partial charge on any atom is 0.0672 e. The van der Waals surface area contributed by atoms with Crippen LogP contribution in [0.25, 0.3) is 0 Å². The summed E-state index contributed by atoms with van der Waals surface area (Å²) in [6.45, 7) is 4.08. The van der Waals surface area contributed by atoms with Crippen LogP contribution >= 0.6 is 0 Å². The summed E-state index contributed by atoms with van der Waals surface area (Å²) in [6.07, 6.45) is 5.78. The Morgan fingerprint density at radius 2 is 2.00 bits per heavy atom. The fourth-order valence-electron chi connectivity index (χ4n) is 3.00. The minimum atomic E-state index is 0.238. The molecular weight excluding hydrogens is 200 g/mol. The Morgan fingerprint density at radius 1 is 1.25 bits per heavy atom. The van der Waals surface area contributed by atoms with E-state index in [0.29, 0.717) is 12.1 Å². The highest BCUT2D eigenvalue weighted by Gasteiger charge is 2.30. The Bertz CT molecular complexity index is 255. The van der Waals surface area contributed by atoms with Gasteiger partial charge in [-0.3, -0.25) is 0 Å². The molecule has 1 heterocycles. The van der Waals surface area contributed by atoms with Crippen molar-refractivity contribution in [3.63, 3.8) is 0 Å². The SMILES string of the molecule is CC(NC1CCCC1C#N)C1CCOCC1. The third-order valence-corrected chi connectivity index (χ3v) is 4.13. The normalized spacial score (nSPS) is 33.5. The van der Waals surface area contributed by atoms with Crippen molar-refractivity contribution >= 4 is 0 Å². The first-order valence-electron chi connectivity index (χ1n) is 6.54. The first-order chi connectivity index (χ1) is 7.81. The second kappa shape index (κ2) is 5.65. The summed E-state index contributed by atoms with van der Waals surface area (Å²) in [5, 5.41) is 12.7. The average Bonchev–Trinajstić information content (AvgIpc) is 2.77. The van der Waals surface area contributed by atoms with Crippen LogP contribution in [0.15, 0.2) is 0 Å². The van der Waals surface area contributed by atoms with Crippen LogP contribution in [0.4, 0.5) is 0 Å². The van der Waals surface area contributed by atoms with E-state index in [1.165, 1.54) is 12.8 Å². The third kappa shape index (κ3) is 2.75. The number of nitriles is 1. The van der Waals surface area contributed by atoms with Crippen LogP contribution in [0.2, 0.25) is 0 Å². The molecule has 0 aromatic rings. The lowest BCUT2D eigenvalue weighted by Gasteiger charge is -2.31. The molecule has 1 aliphatic heterocycles. The van der Waals surface area contributed by atoms with E-state index in [1.54, 1.807) is 0 Å². The Labute approximate surface area is 98.2 Å². The van der Waals surface area contributed by atoms with Crippen LogP contribution in [0.3, 0.4) is 0 Å². The number of ether oxygens (including phenoxy) is 1. The van der Waals surface area contributed by atoms with Crippen molar-refractivity contribution in [2.75, 3.05) is 13.2 Å². The predicted molar refractivity (Wildman–Crippen MR) is 62.9 cm³/mol. The molecule has 1 N–H and O–H groups in total. The molecule has 0 bridgehead atoms. The van der Waals surface area contributed by atoms with E-state index in [4.69, 9.17) is 10.00 Å². The lowest BCUT2D eigenvalue weighted by atomic mass is 9.91. The van der Waals surface area contributed by atoms with Gasteiger partial charge in [0, 0.05) is 25.3 Å². The van der Waals surface area contributed by atoms with Gasteiger partial charge in [0.1, 0.15) is 0 Å². The molecule has 16 heavy (non-hydrogen) atoms. The van der Waals surface area contributed by atoms with Crippen molar-refractivity contribution in [2.45, 2.75) is 51.1 Å². The summed E-state index contributed by atoms with van der Waals surface area (Å²) in [5.41, 5.74) is 0. The molecule has 2 aliphatic rings. The maximum absolute atomic E-state index is 9.05. The van der Waals surface area contributed by atoms with Gasteiger partial charge in [0.15, 0.2) is 0 Å². The zero-order chi connectivity index (χ0) is 11.4. The number of hydrogen-bond acceptors (Lipinski definition) is 3. The summed E-state index contributed by atoms with van der Waals surface area (Å²) in [4.78, 5) is 0. The molecule has 0 spiro atoms. The minimum absolute atomic E-state index is 0.238. The van der Waals surface area contributed by atoms with Crippen molar-refractivity contribution in [1.82, 2.24) is 5.32 Å². The zero-order valence-corrected chi connectivity index (χ0v) is 10.1. The van der Waals surface area contributed by atoms with Crippen molar-refractivity contribution in [3.8, 4) is 6.07 Å². The van der Waals surface area contributed by atoms with Gasteiger partial charge >= 0.3 is 0 Å². The Kier molecular flexibility index (Phi) is 4.20. The quantitative estimate of drug-likeness (QED) is 0.795. The van der Waals surface area contributed by atoms with Crippen LogP contribution in [-0.2, 0) is 4.74 Å². The predicted octanol–water partition coefficient (Wildman–Crippen LogP) is 2.08. The van der Waals surface area contributed by atoms with Crippen molar-refractivity contribution in [2.24, 2.45) is 11.8 Å². The fourth-order valence-corrected chi connectivity index (χ4v) is 3.00. The van der Waals surface area contributed by atoms with Gasteiger partial charge in [-0.25, -0.2) is 0 Å². The largest absolute Gasteiger partial charge is 0.381 e. The molecule has 3 nitrogen and oxygen atoms in total. The van der Waals surface area contributed by atoms with Gasteiger partial charge in [-0.15, -0.1) is 0 Å². The van der Waals surface area contributed by atoms with E-state index in [0.717, 1.165) is 38.4 Å². The van der Waals surface area contributed by atoms with Crippen LogP contribution in [0, 0.1) is 23.2 Å². The Balaban J connectivity index is 1.81. The van der Waals surface area contributed by atoms with E-state index < -0.39 is 0 Å². The van der Waals surface area contributed by atoms with Gasteiger partial charge in [0.25, 0.3) is 0 Å². The molecule has 2 fully saturated rings. The minimum Gasteiger partial charge on any atom is -0.381 e. The highest BCUT2D eigenvalue weighted by Crippen LogP contribution is 2.27. The first kappa shape index (κ1) is 11.9. The molecular formula is C13H22N2O. The number of nitrogens with one attached hydrogen (secondary N) is 1. The monoisotopic (exact) mass is 222 g/mol. The summed E-state index contributed by atoms with van der Waals surface area (Å²) < 4.78 is 5.38.